The van der Waals surface area contributed by atoms with Crippen molar-refractivity contribution in [3.63, 3.8) is 0 Å². The summed E-state index contributed by atoms with van der Waals surface area (Å²) in [4.78, 5) is 17.0. The van der Waals surface area contributed by atoms with Crippen LogP contribution in [0.1, 0.15) is 10.4 Å². The van der Waals surface area contributed by atoms with Gasteiger partial charge in [-0.3, -0.25) is 4.98 Å². The van der Waals surface area contributed by atoms with Gasteiger partial charge in [-0.15, -0.1) is 0 Å². The van der Waals surface area contributed by atoms with E-state index in [2.05, 4.69) is 27.6 Å². The van der Waals surface area contributed by atoms with Crippen LogP contribution in [0.2, 0.25) is 5.02 Å². The predicted molar refractivity (Wildman–Crippen MR) is 110 cm³/mol. The Kier molecular flexibility index (Phi) is 4.42. The van der Waals surface area contributed by atoms with E-state index in [1.807, 2.05) is 36.4 Å². The zero-order valence-corrected chi connectivity index (χ0v) is 16.2. The molecule has 0 unspecified atom stereocenters. The zero-order valence-electron chi connectivity index (χ0n) is 13.2. The van der Waals surface area contributed by atoms with Gasteiger partial charge in [0.2, 0.25) is 0 Å². The first-order valence-electron chi connectivity index (χ1n) is 7.72. The lowest BCUT2D eigenvalue weighted by Crippen LogP contribution is -2.10. The Morgan fingerprint density at radius 1 is 1.08 bits per heavy atom. The van der Waals surface area contributed by atoms with Crippen LogP contribution in [0.25, 0.3) is 21.7 Å². The molecule has 0 aliphatic carbocycles. The van der Waals surface area contributed by atoms with Gasteiger partial charge >= 0.3 is 5.97 Å². The number of aromatic nitrogens is 1. The van der Waals surface area contributed by atoms with Crippen LogP contribution >= 0.6 is 34.2 Å². The Labute approximate surface area is 167 Å². The highest BCUT2D eigenvalue weighted by Crippen LogP contribution is 2.36. The van der Waals surface area contributed by atoms with Crippen LogP contribution in [0.4, 0.5) is 0 Å². The van der Waals surface area contributed by atoms with Crippen LogP contribution < -0.4 is 4.74 Å². The number of hydrogen-bond acceptors (Lipinski definition) is 4. The molecule has 128 valence electrons. The van der Waals surface area contributed by atoms with Gasteiger partial charge in [0.25, 0.3) is 0 Å². The van der Waals surface area contributed by atoms with Gasteiger partial charge in [0.05, 0.1) is 5.02 Å². The van der Waals surface area contributed by atoms with Gasteiger partial charge in [-0.2, -0.15) is 0 Å². The minimum Gasteiger partial charge on any atom is -0.505 e. The fraction of sp³-hybridized carbons (Fsp3) is 0. The van der Waals surface area contributed by atoms with E-state index in [9.17, 15) is 9.90 Å². The number of carbonyl (C=O) groups is 1. The summed E-state index contributed by atoms with van der Waals surface area (Å²) < 4.78 is 6.53. The number of phenols is 1. The van der Waals surface area contributed by atoms with Gasteiger partial charge in [0, 0.05) is 20.5 Å². The number of carbonyl (C=O) groups excluding carboxylic acids is 1. The number of nitrogens with zero attached hydrogens (tertiary/aromatic N) is 1. The van der Waals surface area contributed by atoms with Crippen molar-refractivity contribution < 1.29 is 14.6 Å². The highest BCUT2D eigenvalue weighted by Gasteiger charge is 2.20. The molecular formula is C20H11ClINO3. The Hall–Kier alpha value is -2.38. The maximum atomic E-state index is 12.7. The first-order chi connectivity index (χ1) is 12.6. The molecule has 3 aromatic carbocycles. The molecule has 0 saturated carbocycles. The van der Waals surface area contributed by atoms with Gasteiger partial charge in [-0.25, -0.2) is 4.79 Å². The second-order valence-electron chi connectivity index (χ2n) is 5.64. The Morgan fingerprint density at radius 3 is 2.69 bits per heavy atom. The van der Waals surface area contributed by atoms with Crippen LogP contribution in [0.3, 0.4) is 0 Å². The third-order valence-corrected chi connectivity index (χ3v) is 5.39. The maximum absolute atomic E-state index is 12.7. The molecule has 0 fully saturated rings. The molecule has 4 aromatic rings. The average molecular weight is 476 g/mol. The van der Waals surface area contributed by atoms with E-state index in [1.54, 1.807) is 24.4 Å². The van der Waals surface area contributed by atoms with Gasteiger partial charge < -0.3 is 9.84 Å². The van der Waals surface area contributed by atoms with Crippen LogP contribution in [0.5, 0.6) is 11.5 Å². The van der Waals surface area contributed by atoms with Crippen molar-refractivity contribution in [3.05, 3.63) is 75.0 Å². The molecule has 0 aliphatic rings. The first-order valence-corrected chi connectivity index (χ1v) is 9.17. The number of pyridine rings is 1. The summed E-state index contributed by atoms with van der Waals surface area (Å²) in [5.74, 6) is -0.656. The van der Waals surface area contributed by atoms with Crippen molar-refractivity contribution in [2.75, 3.05) is 0 Å². The van der Waals surface area contributed by atoms with Gasteiger partial charge in [-0.1, -0.05) is 41.9 Å². The van der Waals surface area contributed by atoms with Crippen molar-refractivity contribution in [2.24, 2.45) is 0 Å². The summed E-state index contributed by atoms with van der Waals surface area (Å²) in [6, 6.07) is 16.1. The Bertz CT molecular complexity index is 1180. The Balaban J connectivity index is 1.80. The van der Waals surface area contributed by atoms with E-state index < -0.39 is 5.97 Å². The van der Waals surface area contributed by atoms with Crippen LogP contribution in [-0.2, 0) is 0 Å². The number of benzene rings is 3. The number of esters is 1. The number of aromatic hydroxyl groups is 1. The van der Waals surface area contributed by atoms with E-state index in [4.69, 9.17) is 16.3 Å². The topological polar surface area (TPSA) is 59.4 Å². The standard InChI is InChI=1S/C20H11ClINO3/c21-17-12-5-2-1-4-11(12)10-14(19(17)24)20(25)26-16-8-7-15(22)13-6-3-9-23-18(13)16/h1-10,24H. The third-order valence-electron chi connectivity index (χ3n) is 4.06. The first kappa shape index (κ1) is 17.1. The SMILES string of the molecule is O=C(Oc1ccc(I)c2cccnc12)c1cc2ccccc2c(Cl)c1O. The number of rotatable bonds is 2. The molecule has 0 spiro atoms. The smallest absolute Gasteiger partial charge is 0.347 e. The summed E-state index contributed by atoms with van der Waals surface area (Å²) in [6.45, 7) is 0. The molecule has 26 heavy (non-hydrogen) atoms. The molecule has 1 aromatic heterocycles. The lowest BCUT2D eigenvalue weighted by atomic mass is 10.1. The Morgan fingerprint density at radius 2 is 1.85 bits per heavy atom. The van der Waals surface area contributed by atoms with Crippen LogP contribution in [-0.4, -0.2) is 16.1 Å². The monoisotopic (exact) mass is 475 g/mol. The fourth-order valence-corrected chi connectivity index (χ4v) is 3.69. The van der Waals surface area contributed by atoms with Crippen molar-refractivity contribution in [1.29, 1.82) is 0 Å². The lowest BCUT2D eigenvalue weighted by Gasteiger charge is -2.11. The molecule has 0 bridgehead atoms. The van der Waals surface area contributed by atoms with Crippen LogP contribution in [0.15, 0.2) is 60.8 Å². The molecule has 1 heterocycles. The quantitative estimate of drug-likeness (QED) is 0.234. The molecule has 0 saturated heterocycles. The summed E-state index contributed by atoms with van der Waals surface area (Å²) in [7, 11) is 0. The lowest BCUT2D eigenvalue weighted by molar-refractivity contribution is 0.0734. The molecule has 0 amide bonds. The van der Waals surface area contributed by atoms with Gasteiger partial charge in [-0.05, 0) is 52.2 Å². The van der Waals surface area contributed by atoms with Gasteiger partial charge in [0.1, 0.15) is 16.8 Å². The predicted octanol–water partition coefficient (Wildman–Crippen LogP) is 5.57. The minimum absolute atomic E-state index is 0.0105. The normalized spacial score (nSPS) is 11.0. The molecule has 1 N–H and O–H groups in total. The van der Waals surface area contributed by atoms with Crippen molar-refractivity contribution >= 4 is 61.8 Å². The molecule has 6 heteroatoms. The molecule has 4 rings (SSSR count). The van der Waals surface area contributed by atoms with Crippen molar-refractivity contribution in [3.8, 4) is 11.5 Å². The molecule has 0 radical (unpaired) electrons. The largest absolute Gasteiger partial charge is 0.505 e. The number of hydrogen-bond donors (Lipinski definition) is 1. The maximum Gasteiger partial charge on any atom is 0.347 e. The van der Waals surface area contributed by atoms with Crippen molar-refractivity contribution in [2.45, 2.75) is 0 Å². The second kappa shape index (κ2) is 6.74. The zero-order chi connectivity index (χ0) is 18.3. The summed E-state index contributed by atoms with van der Waals surface area (Å²) in [5.41, 5.74) is 0.593. The number of halogens is 2. The molecule has 0 atom stereocenters. The van der Waals surface area contributed by atoms with Crippen LogP contribution in [0, 0.1) is 3.57 Å². The van der Waals surface area contributed by atoms with E-state index in [0.717, 1.165) is 14.3 Å². The summed E-state index contributed by atoms with van der Waals surface area (Å²) in [5, 5.41) is 12.8. The number of ether oxygens (including phenoxy) is 1. The van der Waals surface area contributed by atoms with E-state index in [0.29, 0.717) is 16.7 Å². The van der Waals surface area contributed by atoms with E-state index in [-0.39, 0.29) is 16.3 Å². The van der Waals surface area contributed by atoms with E-state index in [1.165, 1.54) is 0 Å². The molecule has 4 nitrogen and oxygen atoms in total. The van der Waals surface area contributed by atoms with Crippen molar-refractivity contribution in [1.82, 2.24) is 4.98 Å². The minimum atomic E-state index is -0.691. The molecular weight excluding hydrogens is 465 g/mol. The third kappa shape index (κ3) is 2.87. The highest BCUT2D eigenvalue weighted by molar-refractivity contribution is 14.1. The summed E-state index contributed by atoms with van der Waals surface area (Å²) in [6.07, 6.45) is 1.64. The summed E-state index contributed by atoms with van der Waals surface area (Å²) >= 11 is 8.42. The highest BCUT2D eigenvalue weighted by atomic mass is 127. The number of fused-ring (bicyclic) bond motifs is 2. The average Bonchev–Trinajstić information content (AvgIpc) is 2.67. The number of phenolic OH excluding ortho intramolecular Hbond substituents is 1. The van der Waals surface area contributed by atoms with Gasteiger partial charge in [0.15, 0.2) is 5.75 Å². The second-order valence-corrected chi connectivity index (χ2v) is 7.18. The molecule has 0 aliphatic heterocycles. The van der Waals surface area contributed by atoms with E-state index >= 15 is 0 Å². The fourth-order valence-electron chi connectivity index (χ4n) is 2.80.